The van der Waals surface area contributed by atoms with E-state index in [1.807, 2.05) is 17.0 Å². The van der Waals surface area contributed by atoms with Gasteiger partial charge in [-0.3, -0.25) is 4.79 Å². The molecule has 8 nitrogen and oxygen atoms in total. The molecule has 1 atom stereocenters. The quantitative estimate of drug-likeness (QED) is 0.745. The summed E-state index contributed by atoms with van der Waals surface area (Å²) in [4.78, 5) is 23.9. The van der Waals surface area contributed by atoms with E-state index < -0.39 is 0 Å². The van der Waals surface area contributed by atoms with E-state index in [1.165, 1.54) is 19.8 Å². The van der Waals surface area contributed by atoms with Crippen LogP contribution in [0.4, 0.5) is 0 Å². The van der Waals surface area contributed by atoms with Crippen molar-refractivity contribution in [1.29, 1.82) is 0 Å². The van der Waals surface area contributed by atoms with Crippen LogP contribution < -0.4 is 14.2 Å². The van der Waals surface area contributed by atoms with Crippen LogP contribution in [0.5, 0.6) is 17.6 Å². The normalized spacial score (nSPS) is 19.2. The summed E-state index contributed by atoms with van der Waals surface area (Å²) < 4.78 is 21.4. The second-order valence-corrected chi connectivity index (χ2v) is 7.57. The van der Waals surface area contributed by atoms with E-state index in [2.05, 4.69) is 16.0 Å². The van der Waals surface area contributed by atoms with E-state index in [9.17, 15) is 4.79 Å². The van der Waals surface area contributed by atoms with Crippen molar-refractivity contribution in [2.45, 2.75) is 31.8 Å². The molecule has 0 aliphatic carbocycles. The van der Waals surface area contributed by atoms with Gasteiger partial charge in [-0.1, -0.05) is 6.07 Å². The zero-order valence-electron chi connectivity index (χ0n) is 17.6. The molecule has 1 saturated heterocycles. The standard InChI is InChI=1S/C22H27N3O5/c1-27-17-5-4-15-13-25(19(11-16(15)10-17)14-6-8-30-9-7-14)21(26)18-12-20(28-2)24-22(23-18)29-3/h4-5,10,12,14,19H,6-9,11,13H2,1-3H3. The van der Waals surface area contributed by atoms with Gasteiger partial charge in [-0.05, 0) is 48.4 Å². The van der Waals surface area contributed by atoms with Crippen molar-refractivity contribution >= 4 is 5.91 Å². The molecule has 2 aliphatic heterocycles. The highest BCUT2D eigenvalue weighted by molar-refractivity contribution is 5.93. The van der Waals surface area contributed by atoms with Crippen molar-refractivity contribution in [3.8, 4) is 17.6 Å². The number of nitrogens with zero attached hydrogens (tertiary/aromatic N) is 3. The lowest BCUT2D eigenvalue weighted by molar-refractivity contribution is 0.0177. The van der Waals surface area contributed by atoms with Crippen LogP contribution in [0.3, 0.4) is 0 Å². The first kappa shape index (κ1) is 20.4. The van der Waals surface area contributed by atoms with Gasteiger partial charge < -0.3 is 23.8 Å². The van der Waals surface area contributed by atoms with E-state index in [0.29, 0.717) is 18.3 Å². The Balaban J connectivity index is 1.70. The van der Waals surface area contributed by atoms with Crippen molar-refractivity contribution in [3.05, 3.63) is 41.1 Å². The number of carbonyl (C=O) groups excluding carboxylic acids is 1. The van der Waals surface area contributed by atoms with Gasteiger partial charge in [0, 0.05) is 31.9 Å². The third-order valence-corrected chi connectivity index (χ3v) is 5.95. The van der Waals surface area contributed by atoms with Crippen LogP contribution in [-0.4, -0.2) is 61.4 Å². The summed E-state index contributed by atoms with van der Waals surface area (Å²) in [5.74, 6) is 1.36. The first-order valence-corrected chi connectivity index (χ1v) is 10.1. The third kappa shape index (κ3) is 4.05. The van der Waals surface area contributed by atoms with E-state index in [0.717, 1.165) is 43.8 Å². The number of carbonyl (C=O) groups is 1. The molecule has 160 valence electrons. The molecule has 8 heteroatoms. The number of rotatable bonds is 5. The van der Waals surface area contributed by atoms with Crippen molar-refractivity contribution < 1.29 is 23.7 Å². The molecular formula is C22H27N3O5. The summed E-state index contributed by atoms with van der Waals surface area (Å²) >= 11 is 0. The van der Waals surface area contributed by atoms with Crippen LogP contribution in [0.2, 0.25) is 0 Å². The van der Waals surface area contributed by atoms with E-state index >= 15 is 0 Å². The van der Waals surface area contributed by atoms with E-state index in [4.69, 9.17) is 18.9 Å². The fraction of sp³-hybridized carbons (Fsp3) is 0.500. The summed E-state index contributed by atoms with van der Waals surface area (Å²) in [6.45, 7) is 1.97. The fourth-order valence-electron chi connectivity index (χ4n) is 4.31. The fourth-order valence-corrected chi connectivity index (χ4v) is 4.31. The molecule has 0 bridgehead atoms. The Kier molecular flexibility index (Phi) is 6.03. The van der Waals surface area contributed by atoms with Gasteiger partial charge in [-0.25, -0.2) is 0 Å². The topological polar surface area (TPSA) is 83.0 Å². The van der Waals surface area contributed by atoms with Crippen LogP contribution in [0.1, 0.15) is 34.5 Å². The monoisotopic (exact) mass is 413 g/mol. The highest BCUT2D eigenvalue weighted by Gasteiger charge is 2.37. The van der Waals surface area contributed by atoms with Gasteiger partial charge in [-0.15, -0.1) is 0 Å². The van der Waals surface area contributed by atoms with E-state index in [1.54, 1.807) is 13.2 Å². The largest absolute Gasteiger partial charge is 0.497 e. The number of aromatic nitrogens is 2. The molecule has 1 unspecified atom stereocenters. The molecule has 1 fully saturated rings. The minimum absolute atomic E-state index is 0.0629. The Morgan fingerprint density at radius 3 is 2.53 bits per heavy atom. The first-order chi connectivity index (χ1) is 14.6. The lowest BCUT2D eigenvalue weighted by Crippen LogP contribution is -2.49. The number of ether oxygens (including phenoxy) is 4. The zero-order valence-corrected chi connectivity index (χ0v) is 17.6. The zero-order chi connectivity index (χ0) is 21.1. The number of benzene rings is 1. The lowest BCUT2D eigenvalue weighted by Gasteiger charge is -2.42. The average molecular weight is 413 g/mol. The Labute approximate surface area is 176 Å². The SMILES string of the molecule is COc1ccc2c(c1)CC(C1CCOCC1)N(C(=O)c1cc(OC)nc(OC)n1)C2. The molecule has 0 N–H and O–H groups in total. The molecule has 1 amide bonds. The van der Waals surface area contributed by atoms with Crippen molar-refractivity contribution in [3.63, 3.8) is 0 Å². The van der Waals surface area contributed by atoms with Gasteiger partial charge >= 0.3 is 6.01 Å². The summed E-state index contributed by atoms with van der Waals surface area (Å²) in [5, 5.41) is 0. The molecule has 2 aromatic rings. The molecule has 1 aromatic carbocycles. The Morgan fingerprint density at radius 2 is 1.83 bits per heavy atom. The molecule has 3 heterocycles. The third-order valence-electron chi connectivity index (χ3n) is 5.95. The molecule has 0 radical (unpaired) electrons. The van der Waals surface area contributed by atoms with Crippen LogP contribution in [-0.2, 0) is 17.7 Å². The van der Waals surface area contributed by atoms with Gasteiger partial charge in [0.05, 0.1) is 21.3 Å². The maximum Gasteiger partial charge on any atom is 0.320 e. The Bertz CT molecular complexity index is 891. The second kappa shape index (κ2) is 8.87. The summed E-state index contributed by atoms with van der Waals surface area (Å²) in [6, 6.07) is 7.80. The lowest BCUT2D eigenvalue weighted by atomic mass is 9.82. The van der Waals surface area contributed by atoms with Crippen molar-refractivity contribution in [2.24, 2.45) is 5.92 Å². The van der Waals surface area contributed by atoms with Crippen LogP contribution in [0.25, 0.3) is 0 Å². The van der Waals surface area contributed by atoms with Gasteiger partial charge in [-0.2, -0.15) is 9.97 Å². The highest BCUT2D eigenvalue weighted by atomic mass is 16.5. The molecule has 0 spiro atoms. The summed E-state index contributed by atoms with van der Waals surface area (Å²) in [7, 11) is 4.65. The average Bonchev–Trinajstić information content (AvgIpc) is 2.82. The second-order valence-electron chi connectivity index (χ2n) is 7.57. The van der Waals surface area contributed by atoms with Gasteiger partial charge in [0.1, 0.15) is 11.4 Å². The predicted octanol–water partition coefficient (Wildman–Crippen LogP) is 2.50. The number of methoxy groups -OCH3 is 3. The minimum Gasteiger partial charge on any atom is -0.497 e. The van der Waals surface area contributed by atoms with Crippen LogP contribution in [0.15, 0.2) is 24.3 Å². The van der Waals surface area contributed by atoms with Crippen LogP contribution in [0, 0.1) is 5.92 Å². The van der Waals surface area contributed by atoms with Gasteiger partial charge in [0.2, 0.25) is 5.88 Å². The molecule has 0 saturated carbocycles. The minimum atomic E-state index is -0.146. The maximum absolute atomic E-state index is 13.6. The number of hydrogen-bond donors (Lipinski definition) is 0. The molecule has 2 aliphatic rings. The highest BCUT2D eigenvalue weighted by Crippen LogP contribution is 2.34. The smallest absolute Gasteiger partial charge is 0.320 e. The van der Waals surface area contributed by atoms with Crippen molar-refractivity contribution in [2.75, 3.05) is 34.5 Å². The number of hydrogen-bond acceptors (Lipinski definition) is 7. The molecular weight excluding hydrogens is 386 g/mol. The Hall–Kier alpha value is -2.87. The summed E-state index contributed by atoms with van der Waals surface area (Å²) in [5.41, 5.74) is 2.63. The molecule has 4 rings (SSSR count). The Morgan fingerprint density at radius 1 is 1.03 bits per heavy atom. The maximum atomic E-state index is 13.6. The van der Waals surface area contributed by atoms with Gasteiger partial charge in [0.15, 0.2) is 0 Å². The predicted molar refractivity (Wildman–Crippen MR) is 109 cm³/mol. The summed E-state index contributed by atoms with van der Waals surface area (Å²) in [6.07, 6.45) is 2.65. The number of amides is 1. The van der Waals surface area contributed by atoms with Crippen LogP contribution >= 0.6 is 0 Å². The van der Waals surface area contributed by atoms with E-state index in [-0.39, 0.29) is 23.7 Å². The molecule has 1 aromatic heterocycles. The molecule has 30 heavy (non-hydrogen) atoms. The van der Waals surface area contributed by atoms with Crippen molar-refractivity contribution in [1.82, 2.24) is 14.9 Å². The number of fused-ring (bicyclic) bond motifs is 1. The first-order valence-electron chi connectivity index (χ1n) is 10.1. The van der Waals surface area contributed by atoms with Gasteiger partial charge in [0.25, 0.3) is 5.91 Å².